The monoisotopic (exact) mass is 284 g/mol. The molecular weight excluding hydrogens is 275 g/mol. The van der Waals surface area contributed by atoms with Crippen LogP contribution in [0.1, 0.15) is 10.4 Å². The Morgan fingerprint density at radius 1 is 1.14 bits per heavy atom. The fourth-order valence-electron chi connectivity index (χ4n) is 1.87. The Hall–Kier alpha value is -3.09. The van der Waals surface area contributed by atoms with E-state index < -0.39 is 11.8 Å². The summed E-state index contributed by atoms with van der Waals surface area (Å²) in [5, 5.41) is 21.0. The van der Waals surface area contributed by atoms with Gasteiger partial charge < -0.3 is 5.11 Å². The van der Waals surface area contributed by atoms with Gasteiger partial charge >= 0.3 is 5.97 Å². The predicted molar refractivity (Wildman–Crippen MR) is 71.5 cm³/mol. The third-order valence-corrected chi connectivity index (χ3v) is 2.85. The topological polar surface area (TPSA) is 80.9 Å². The van der Waals surface area contributed by atoms with E-state index >= 15 is 0 Å². The zero-order chi connectivity index (χ0) is 14.8. The summed E-state index contributed by atoms with van der Waals surface area (Å²) in [4.78, 5) is 12.2. The molecule has 21 heavy (non-hydrogen) atoms. The Labute approximate surface area is 118 Å². The lowest BCUT2D eigenvalue weighted by atomic mass is 10.2. The van der Waals surface area contributed by atoms with E-state index in [0.29, 0.717) is 5.82 Å². The number of hydrogen-bond acceptors (Lipinski definition) is 4. The van der Waals surface area contributed by atoms with Crippen molar-refractivity contribution in [3.8, 4) is 17.1 Å². The number of rotatable bonds is 3. The normalized spacial score (nSPS) is 10.5. The van der Waals surface area contributed by atoms with Crippen molar-refractivity contribution in [2.45, 2.75) is 0 Å². The van der Waals surface area contributed by atoms with Gasteiger partial charge in [0.1, 0.15) is 11.5 Å². The molecule has 0 aliphatic carbocycles. The van der Waals surface area contributed by atoms with E-state index in [0.717, 1.165) is 22.5 Å². The highest BCUT2D eigenvalue weighted by Crippen LogP contribution is 2.17. The van der Waals surface area contributed by atoms with E-state index in [2.05, 4.69) is 15.4 Å². The zero-order valence-electron chi connectivity index (χ0n) is 10.6. The smallest absolute Gasteiger partial charge is 0.338 e. The molecule has 7 heteroatoms. The van der Waals surface area contributed by atoms with Gasteiger partial charge in [-0.05, 0) is 23.4 Å². The molecule has 1 heterocycles. The van der Waals surface area contributed by atoms with Crippen molar-refractivity contribution < 1.29 is 14.3 Å². The third-order valence-electron chi connectivity index (χ3n) is 2.85. The van der Waals surface area contributed by atoms with E-state index in [-0.39, 0.29) is 11.3 Å². The van der Waals surface area contributed by atoms with Crippen molar-refractivity contribution in [1.82, 2.24) is 20.2 Å². The van der Waals surface area contributed by atoms with Crippen LogP contribution in [0.5, 0.6) is 0 Å². The summed E-state index contributed by atoms with van der Waals surface area (Å²) in [5.74, 6) is -1.54. The molecule has 3 aromatic rings. The van der Waals surface area contributed by atoms with Gasteiger partial charge in [-0.15, -0.1) is 15.0 Å². The Bertz CT molecular complexity index is 802. The van der Waals surface area contributed by atoms with Crippen molar-refractivity contribution in [3.63, 3.8) is 0 Å². The van der Waals surface area contributed by atoms with Crippen LogP contribution in [0.3, 0.4) is 0 Å². The molecular formula is C14H9FN4O2. The molecule has 0 unspecified atom stereocenters. The summed E-state index contributed by atoms with van der Waals surface area (Å²) in [6, 6.07) is 12.5. The van der Waals surface area contributed by atoms with Crippen molar-refractivity contribution in [2.24, 2.45) is 0 Å². The van der Waals surface area contributed by atoms with Gasteiger partial charge in [-0.2, -0.15) is 0 Å². The molecule has 0 aliphatic heterocycles. The van der Waals surface area contributed by atoms with Gasteiger partial charge in [0.25, 0.3) is 0 Å². The lowest BCUT2D eigenvalue weighted by molar-refractivity contribution is 0.0696. The van der Waals surface area contributed by atoms with Crippen molar-refractivity contribution in [2.75, 3.05) is 0 Å². The fourth-order valence-corrected chi connectivity index (χ4v) is 1.87. The largest absolute Gasteiger partial charge is 0.478 e. The number of carboxylic acids is 1. The van der Waals surface area contributed by atoms with Gasteiger partial charge in [0.2, 0.25) is 5.82 Å². The maximum absolute atomic E-state index is 13.2. The second-order valence-electron chi connectivity index (χ2n) is 4.24. The van der Waals surface area contributed by atoms with Crippen LogP contribution in [0.2, 0.25) is 0 Å². The molecule has 2 aromatic carbocycles. The van der Waals surface area contributed by atoms with E-state index in [4.69, 9.17) is 5.11 Å². The molecule has 1 aromatic heterocycles. The lowest BCUT2D eigenvalue weighted by Crippen LogP contribution is -2.08. The number of aromatic carboxylic acids is 1. The molecule has 104 valence electrons. The van der Waals surface area contributed by atoms with Crippen molar-refractivity contribution in [3.05, 3.63) is 59.9 Å². The van der Waals surface area contributed by atoms with Crippen LogP contribution >= 0.6 is 0 Å². The molecule has 0 spiro atoms. The Balaban J connectivity index is 2.07. The molecule has 0 atom stereocenters. The number of hydrogen-bond donors (Lipinski definition) is 1. The third kappa shape index (κ3) is 2.48. The summed E-state index contributed by atoms with van der Waals surface area (Å²) >= 11 is 0. The number of benzene rings is 2. The van der Waals surface area contributed by atoms with E-state index in [9.17, 15) is 9.18 Å². The Kier molecular flexibility index (Phi) is 3.15. The van der Waals surface area contributed by atoms with Crippen molar-refractivity contribution in [1.29, 1.82) is 0 Å². The molecule has 1 N–H and O–H groups in total. The molecule has 6 nitrogen and oxygen atoms in total. The average Bonchev–Trinajstić information content (AvgIpc) is 2.97. The highest BCUT2D eigenvalue weighted by Gasteiger charge is 2.16. The predicted octanol–water partition coefficient (Wildman–Crippen LogP) is 2.17. The first-order chi connectivity index (χ1) is 10.1. The van der Waals surface area contributed by atoms with E-state index in [1.165, 1.54) is 6.07 Å². The number of aromatic nitrogens is 4. The SMILES string of the molecule is O=C(O)c1cc(F)ccc1-n1nnc(-c2ccccc2)n1. The number of halogens is 1. The standard InChI is InChI=1S/C14H9FN4O2/c15-10-6-7-12(11(8-10)14(20)21)19-17-13(16-18-19)9-4-2-1-3-5-9/h1-8H,(H,20,21). The average molecular weight is 284 g/mol. The first-order valence-corrected chi connectivity index (χ1v) is 6.04. The second kappa shape index (κ2) is 5.12. The van der Waals surface area contributed by atoms with Gasteiger partial charge in [0.05, 0.1) is 5.56 Å². The summed E-state index contributed by atoms with van der Waals surface area (Å²) in [7, 11) is 0. The molecule has 3 rings (SSSR count). The van der Waals surface area contributed by atoms with Crippen LogP contribution < -0.4 is 0 Å². The highest BCUT2D eigenvalue weighted by molar-refractivity contribution is 5.91. The summed E-state index contributed by atoms with van der Waals surface area (Å²) in [6.45, 7) is 0. The van der Waals surface area contributed by atoms with Crippen LogP contribution in [0.25, 0.3) is 17.1 Å². The highest BCUT2D eigenvalue weighted by atomic mass is 19.1. The van der Waals surface area contributed by atoms with Gasteiger partial charge in [-0.3, -0.25) is 0 Å². The zero-order valence-corrected chi connectivity index (χ0v) is 10.6. The number of tetrazole rings is 1. The van der Waals surface area contributed by atoms with Gasteiger partial charge in [0, 0.05) is 5.56 Å². The van der Waals surface area contributed by atoms with Crippen LogP contribution in [-0.4, -0.2) is 31.3 Å². The van der Waals surface area contributed by atoms with Gasteiger partial charge in [0.15, 0.2) is 0 Å². The molecule has 0 fully saturated rings. The van der Waals surface area contributed by atoms with Crippen LogP contribution in [-0.2, 0) is 0 Å². The summed E-state index contributed by atoms with van der Waals surface area (Å²) in [6.07, 6.45) is 0. The Morgan fingerprint density at radius 3 is 2.62 bits per heavy atom. The number of carbonyl (C=O) groups is 1. The number of nitrogens with zero attached hydrogens (tertiary/aromatic N) is 4. The summed E-state index contributed by atoms with van der Waals surface area (Å²) < 4.78 is 13.2. The minimum atomic E-state index is -1.26. The minimum Gasteiger partial charge on any atom is -0.478 e. The lowest BCUT2D eigenvalue weighted by Gasteiger charge is -2.03. The van der Waals surface area contributed by atoms with E-state index in [1.807, 2.05) is 30.3 Å². The summed E-state index contributed by atoms with van der Waals surface area (Å²) in [5.41, 5.74) is 0.674. The quantitative estimate of drug-likeness (QED) is 0.797. The minimum absolute atomic E-state index is 0.151. The maximum atomic E-state index is 13.2. The first kappa shape index (κ1) is 12.9. The van der Waals surface area contributed by atoms with Crippen LogP contribution in [0.4, 0.5) is 4.39 Å². The number of carboxylic acid groups (broad SMARTS) is 1. The maximum Gasteiger partial charge on any atom is 0.338 e. The Morgan fingerprint density at radius 2 is 1.90 bits per heavy atom. The molecule has 0 bridgehead atoms. The van der Waals surface area contributed by atoms with E-state index in [1.54, 1.807) is 0 Å². The molecule has 0 saturated heterocycles. The van der Waals surface area contributed by atoms with Crippen LogP contribution in [0, 0.1) is 5.82 Å². The van der Waals surface area contributed by atoms with Gasteiger partial charge in [-0.25, -0.2) is 9.18 Å². The van der Waals surface area contributed by atoms with Crippen LogP contribution in [0.15, 0.2) is 48.5 Å². The van der Waals surface area contributed by atoms with Crippen molar-refractivity contribution >= 4 is 5.97 Å². The van der Waals surface area contributed by atoms with Gasteiger partial charge in [-0.1, -0.05) is 30.3 Å². The molecule has 0 amide bonds. The fraction of sp³-hybridized carbons (Fsp3) is 0. The molecule has 0 radical (unpaired) electrons. The molecule has 0 saturated carbocycles. The second-order valence-corrected chi connectivity index (χ2v) is 4.24. The molecule has 0 aliphatic rings. The first-order valence-electron chi connectivity index (χ1n) is 6.04.